The number of aliphatic carboxylic acids is 1. The average molecular weight is 267 g/mol. The standard InChI is InChI=1S/C11H17N5O3/c1-16-6-13-9(15-16)5-12-11(19)14-8(4-10(17)18)7-2-3-7/h6-8H,2-5H2,1H3,(H,17,18)(H2,12,14,19). The van der Waals surface area contributed by atoms with Crippen molar-refractivity contribution in [3.05, 3.63) is 12.2 Å². The number of nitrogens with one attached hydrogen (secondary N) is 2. The van der Waals surface area contributed by atoms with E-state index in [9.17, 15) is 9.59 Å². The molecule has 2 rings (SSSR count). The van der Waals surface area contributed by atoms with Crippen molar-refractivity contribution in [2.75, 3.05) is 0 Å². The Morgan fingerprint density at radius 2 is 2.32 bits per heavy atom. The molecule has 0 aliphatic heterocycles. The number of amides is 2. The van der Waals surface area contributed by atoms with Gasteiger partial charge in [0.25, 0.3) is 0 Å². The predicted octanol–water partition coefficient (Wildman–Crippen LogP) is -0.132. The van der Waals surface area contributed by atoms with Crippen LogP contribution in [0, 0.1) is 5.92 Å². The van der Waals surface area contributed by atoms with Gasteiger partial charge in [-0.25, -0.2) is 9.78 Å². The summed E-state index contributed by atoms with van der Waals surface area (Å²) in [6, 6.07) is -0.681. The van der Waals surface area contributed by atoms with E-state index in [2.05, 4.69) is 20.7 Å². The van der Waals surface area contributed by atoms with Gasteiger partial charge in [-0.05, 0) is 18.8 Å². The molecule has 19 heavy (non-hydrogen) atoms. The van der Waals surface area contributed by atoms with E-state index in [-0.39, 0.29) is 31.0 Å². The van der Waals surface area contributed by atoms with Crippen LogP contribution in [0.1, 0.15) is 25.1 Å². The molecule has 0 aromatic carbocycles. The number of carboxylic acids is 1. The van der Waals surface area contributed by atoms with Gasteiger partial charge in [-0.3, -0.25) is 9.48 Å². The minimum atomic E-state index is -0.899. The normalized spacial score (nSPS) is 15.8. The fraction of sp³-hybridized carbons (Fsp3) is 0.636. The molecular formula is C11H17N5O3. The topological polar surface area (TPSA) is 109 Å². The first-order valence-corrected chi connectivity index (χ1v) is 6.15. The van der Waals surface area contributed by atoms with E-state index >= 15 is 0 Å². The highest BCUT2D eigenvalue weighted by Crippen LogP contribution is 2.33. The van der Waals surface area contributed by atoms with Gasteiger partial charge in [0, 0.05) is 13.1 Å². The molecule has 1 heterocycles. The minimum Gasteiger partial charge on any atom is -0.481 e. The average Bonchev–Trinajstić information content (AvgIpc) is 3.09. The Morgan fingerprint density at radius 3 is 2.84 bits per heavy atom. The third kappa shape index (κ3) is 4.23. The van der Waals surface area contributed by atoms with E-state index in [0.717, 1.165) is 12.8 Å². The van der Waals surface area contributed by atoms with E-state index in [1.165, 1.54) is 0 Å². The summed E-state index contributed by atoms with van der Waals surface area (Å²) in [6.45, 7) is 0.219. The zero-order valence-corrected chi connectivity index (χ0v) is 10.7. The maximum Gasteiger partial charge on any atom is 0.315 e. The molecule has 1 fully saturated rings. The van der Waals surface area contributed by atoms with Crippen molar-refractivity contribution in [3.63, 3.8) is 0 Å². The number of carboxylic acid groups (broad SMARTS) is 1. The van der Waals surface area contributed by atoms with Gasteiger partial charge in [-0.2, -0.15) is 5.10 Å². The fourth-order valence-electron chi connectivity index (χ4n) is 1.87. The highest BCUT2D eigenvalue weighted by molar-refractivity contribution is 5.75. The minimum absolute atomic E-state index is 0.0417. The lowest BCUT2D eigenvalue weighted by atomic mass is 10.1. The number of carbonyl (C=O) groups is 2. The van der Waals surface area contributed by atoms with Crippen LogP contribution in [0.25, 0.3) is 0 Å². The van der Waals surface area contributed by atoms with Crippen LogP contribution in [-0.2, 0) is 18.4 Å². The Morgan fingerprint density at radius 1 is 1.58 bits per heavy atom. The maximum absolute atomic E-state index is 11.7. The van der Waals surface area contributed by atoms with E-state index in [4.69, 9.17) is 5.11 Å². The summed E-state index contributed by atoms with van der Waals surface area (Å²) in [5, 5.41) is 18.1. The van der Waals surface area contributed by atoms with Crippen LogP contribution < -0.4 is 10.6 Å². The van der Waals surface area contributed by atoms with Crippen LogP contribution in [0.3, 0.4) is 0 Å². The van der Waals surface area contributed by atoms with Gasteiger partial charge in [0.15, 0.2) is 5.82 Å². The number of urea groups is 1. The maximum atomic E-state index is 11.7. The largest absolute Gasteiger partial charge is 0.481 e. The van der Waals surface area contributed by atoms with Crippen molar-refractivity contribution in [2.45, 2.75) is 31.8 Å². The van der Waals surface area contributed by atoms with E-state index < -0.39 is 5.97 Å². The summed E-state index contributed by atoms with van der Waals surface area (Å²) in [4.78, 5) is 26.4. The molecule has 1 aliphatic carbocycles. The molecule has 1 aliphatic rings. The smallest absolute Gasteiger partial charge is 0.315 e. The number of carbonyl (C=O) groups excluding carboxylic acids is 1. The van der Waals surface area contributed by atoms with Gasteiger partial charge < -0.3 is 15.7 Å². The first-order chi connectivity index (χ1) is 9.04. The second-order valence-corrected chi connectivity index (χ2v) is 4.70. The van der Waals surface area contributed by atoms with Crippen molar-refractivity contribution in [2.24, 2.45) is 13.0 Å². The molecule has 104 valence electrons. The van der Waals surface area contributed by atoms with Gasteiger partial charge in [0.1, 0.15) is 6.33 Å². The highest BCUT2D eigenvalue weighted by Gasteiger charge is 2.33. The van der Waals surface area contributed by atoms with E-state index in [1.54, 1.807) is 18.1 Å². The van der Waals surface area contributed by atoms with Crippen molar-refractivity contribution in [3.8, 4) is 0 Å². The Balaban J connectivity index is 1.77. The number of hydrogen-bond donors (Lipinski definition) is 3. The third-order valence-electron chi connectivity index (χ3n) is 2.96. The van der Waals surface area contributed by atoms with Gasteiger partial charge in [-0.15, -0.1) is 0 Å². The molecule has 2 amide bonds. The summed E-state index contributed by atoms with van der Waals surface area (Å²) < 4.78 is 1.55. The molecule has 0 bridgehead atoms. The summed E-state index contributed by atoms with van der Waals surface area (Å²) in [7, 11) is 1.74. The van der Waals surface area contributed by atoms with Crippen LogP contribution in [0.15, 0.2) is 6.33 Å². The molecule has 1 saturated carbocycles. The van der Waals surface area contributed by atoms with E-state index in [1.807, 2.05) is 0 Å². The lowest BCUT2D eigenvalue weighted by molar-refractivity contribution is -0.137. The number of aromatic nitrogens is 3. The highest BCUT2D eigenvalue weighted by atomic mass is 16.4. The SMILES string of the molecule is Cn1cnc(CNC(=O)NC(CC(=O)O)C2CC2)n1. The molecular weight excluding hydrogens is 250 g/mol. The Labute approximate surface area is 110 Å². The van der Waals surface area contributed by atoms with Crippen LogP contribution >= 0.6 is 0 Å². The zero-order valence-electron chi connectivity index (χ0n) is 10.7. The fourth-order valence-corrected chi connectivity index (χ4v) is 1.87. The van der Waals surface area contributed by atoms with Gasteiger partial charge in [0.05, 0.1) is 13.0 Å². The lowest BCUT2D eigenvalue weighted by Gasteiger charge is -2.16. The van der Waals surface area contributed by atoms with Crippen LogP contribution in [0.5, 0.6) is 0 Å². The molecule has 1 aromatic rings. The Kier molecular flexibility index (Phi) is 3.98. The zero-order chi connectivity index (χ0) is 13.8. The van der Waals surface area contributed by atoms with E-state index in [0.29, 0.717) is 5.82 Å². The summed E-state index contributed by atoms with van der Waals surface area (Å²) >= 11 is 0. The second-order valence-electron chi connectivity index (χ2n) is 4.70. The molecule has 8 heteroatoms. The first kappa shape index (κ1) is 13.3. The summed E-state index contributed by atoms with van der Waals surface area (Å²) in [6.07, 6.45) is 3.45. The van der Waals surface area contributed by atoms with Crippen molar-refractivity contribution in [1.29, 1.82) is 0 Å². The molecule has 1 atom stereocenters. The molecule has 1 aromatic heterocycles. The molecule has 1 unspecified atom stereocenters. The molecule has 0 radical (unpaired) electrons. The lowest BCUT2D eigenvalue weighted by Crippen LogP contribution is -2.44. The number of aryl methyl sites for hydroxylation is 1. The molecule has 8 nitrogen and oxygen atoms in total. The van der Waals surface area contributed by atoms with Crippen LogP contribution in [-0.4, -0.2) is 37.9 Å². The summed E-state index contributed by atoms with van der Waals surface area (Å²) in [5.41, 5.74) is 0. The van der Waals surface area contributed by atoms with Crippen molar-refractivity contribution < 1.29 is 14.7 Å². The summed E-state index contributed by atoms with van der Waals surface area (Å²) in [5.74, 6) is -0.0997. The quantitative estimate of drug-likeness (QED) is 0.665. The molecule has 0 spiro atoms. The Hall–Kier alpha value is -2.12. The molecule has 0 saturated heterocycles. The van der Waals surface area contributed by atoms with Crippen LogP contribution in [0.4, 0.5) is 4.79 Å². The number of rotatable bonds is 6. The first-order valence-electron chi connectivity index (χ1n) is 6.15. The number of nitrogens with zero attached hydrogens (tertiary/aromatic N) is 3. The Bertz CT molecular complexity index is 469. The molecule has 3 N–H and O–H groups in total. The monoisotopic (exact) mass is 267 g/mol. The predicted molar refractivity (Wildman–Crippen MR) is 65.1 cm³/mol. The van der Waals surface area contributed by atoms with Gasteiger partial charge in [-0.1, -0.05) is 0 Å². The van der Waals surface area contributed by atoms with Crippen LogP contribution in [0.2, 0.25) is 0 Å². The van der Waals surface area contributed by atoms with Crippen molar-refractivity contribution in [1.82, 2.24) is 25.4 Å². The number of hydrogen-bond acceptors (Lipinski definition) is 4. The van der Waals surface area contributed by atoms with Crippen molar-refractivity contribution >= 4 is 12.0 Å². The second kappa shape index (κ2) is 5.68. The third-order valence-corrected chi connectivity index (χ3v) is 2.96. The van der Waals surface area contributed by atoms with Gasteiger partial charge in [0.2, 0.25) is 0 Å². The van der Waals surface area contributed by atoms with Gasteiger partial charge >= 0.3 is 12.0 Å².